The topological polar surface area (TPSA) is 55.3 Å². The largest absolute Gasteiger partial charge is 0.328 e. The maximum Gasteiger partial charge on any atom is 0.0304 e. The molecule has 0 spiro atoms. The smallest absolute Gasteiger partial charge is 0.0304 e. The van der Waals surface area contributed by atoms with Gasteiger partial charge in [0.25, 0.3) is 0 Å². The van der Waals surface area contributed by atoms with Gasteiger partial charge in [0.2, 0.25) is 0 Å². The van der Waals surface area contributed by atoms with Crippen LogP contribution in [0.2, 0.25) is 0 Å². The molecule has 1 atom stereocenters. The van der Waals surface area contributed by atoms with Crippen LogP contribution >= 0.6 is 0 Å². The monoisotopic (exact) mass is 213 g/mol. The molecule has 0 aromatic carbocycles. The summed E-state index contributed by atoms with van der Waals surface area (Å²) in [6.45, 7) is 11.0. The van der Waals surface area contributed by atoms with Crippen molar-refractivity contribution in [2.45, 2.75) is 71.0 Å². The molecule has 1 fully saturated rings. The van der Waals surface area contributed by atoms with Crippen LogP contribution in [0.25, 0.3) is 0 Å². The SMILES string of the molecule is CC(N)CC1CC(C)(C)N(N)C(C)(C)C1. The second kappa shape index (κ2) is 4.04. The summed E-state index contributed by atoms with van der Waals surface area (Å²) in [6.07, 6.45) is 3.41. The molecule has 1 heterocycles. The van der Waals surface area contributed by atoms with Gasteiger partial charge in [-0.3, -0.25) is 5.84 Å². The minimum atomic E-state index is 0.0846. The van der Waals surface area contributed by atoms with Crippen molar-refractivity contribution in [3.05, 3.63) is 0 Å². The van der Waals surface area contributed by atoms with Crippen molar-refractivity contribution in [2.75, 3.05) is 0 Å². The average molecular weight is 213 g/mol. The zero-order valence-electron chi connectivity index (χ0n) is 10.9. The van der Waals surface area contributed by atoms with Crippen molar-refractivity contribution in [2.24, 2.45) is 17.5 Å². The first kappa shape index (κ1) is 12.9. The first-order valence-corrected chi connectivity index (χ1v) is 5.96. The van der Waals surface area contributed by atoms with Crippen molar-refractivity contribution in [3.63, 3.8) is 0 Å². The van der Waals surface area contributed by atoms with Gasteiger partial charge in [-0.05, 0) is 59.8 Å². The second-order valence-electron chi connectivity index (χ2n) is 6.48. The molecule has 0 bridgehead atoms. The summed E-state index contributed by atoms with van der Waals surface area (Å²) in [7, 11) is 0. The molecular formula is C12H27N3. The summed E-state index contributed by atoms with van der Waals surface area (Å²) in [5.74, 6) is 6.89. The zero-order chi connectivity index (χ0) is 11.9. The Bertz CT molecular complexity index is 203. The Morgan fingerprint density at radius 1 is 1.20 bits per heavy atom. The van der Waals surface area contributed by atoms with Crippen LogP contribution in [0.3, 0.4) is 0 Å². The fourth-order valence-electron chi connectivity index (χ4n) is 3.19. The number of hydrogen-bond acceptors (Lipinski definition) is 3. The molecule has 0 radical (unpaired) electrons. The van der Waals surface area contributed by atoms with E-state index in [9.17, 15) is 0 Å². The Hall–Kier alpha value is -0.120. The summed E-state index contributed by atoms with van der Waals surface area (Å²) in [5.41, 5.74) is 6.06. The molecular weight excluding hydrogens is 186 g/mol. The van der Waals surface area contributed by atoms with Gasteiger partial charge in [-0.1, -0.05) is 0 Å². The molecule has 0 saturated carbocycles. The lowest BCUT2D eigenvalue weighted by molar-refractivity contribution is -0.0551. The van der Waals surface area contributed by atoms with Gasteiger partial charge in [-0.2, -0.15) is 0 Å². The van der Waals surface area contributed by atoms with Gasteiger partial charge in [-0.15, -0.1) is 0 Å². The quantitative estimate of drug-likeness (QED) is 0.689. The van der Waals surface area contributed by atoms with Gasteiger partial charge in [0.05, 0.1) is 0 Å². The zero-order valence-corrected chi connectivity index (χ0v) is 10.9. The lowest BCUT2D eigenvalue weighted by Gasteiger charge is -2.53. The summed E-state index contributed by atoms with van der Waals surface area (Å²) in [6, 6.07) is 0.297. The van der Waals surface area contributed by atoms with E-state index in [0.29, 0.717) is 12.0 Å². The fraction of sp³-hybridized carbons (Fsp3) is 1.00. The molecule has 3 heteroatoms. The predicted octanol–water partition coefficient (Wildman–Crippen LogP) is 1.87. The van der Waals surface area contributed by atoms with Crippen LogP contribution in [0, 0.1) is 5.92 Å². The third kappa shape index (κ3) is 2.92. The molecule has 3 nitrogen and oxygen atoms in total. The van der Waals surface area contributed by atoms with Gasteiger partial charge >= 0.3 is 0 Å². The van der Waals surface area contributed by atoms with Gasteiger partial charge in [0.15, 0.2) is 0 Å². The minimum Gasteiger partial charge on any atom is -0.328 e. The predicted molar refractivity (Wildman–Crippen MR) is 65.2 cm³/mol. The number of piperidine rings is 1. The van der Waals surface area contributed by atoms with E-state index in [1.807, 2.05) is 5.01 Å². The Balaban J connectivity index is 2.75. The van der Waals surface area contributed by atoms with Crippen molar-refractivity contribution >= 4 is 0 Å². The molecule has 1 saturated heterocycles. The highest BCUT2D eigenvalue weighted by Gasteiger charge is 2.43. The average Bonchev–Trinajstić information content (AvgIpc) is 1.97. The number of hydrazine groups is 1. The standard InChI is InChI=1S/C12H27N3/c1-9(13)6-10-7-11(2,3)15(14)12(4,5)8-10/h9-10H,6-8,13-14H2,1-5H3. The minimum absolute atomic E-state index is 0.0846. The molecule has 90 valence electrons. The molecule has 1 unspecified atom stereocenters. The second-order valence-corrected chi connectivity index (χ2v) is 6.48. The van der Waals surface area contributed by atoms with Crippen LogP contribution in [0.4, 0.5) is 0 Å². The van der Waals surface area contributed by atoms with Crippen LogP contribution in [-0.2, 0) is 0 Å². The molecule has 0 amide bonds. The van der Waals surface area contributed by atoms with Crippen molar-refractivity contribution < 1.29 is 0 Å². The third-order valence-corrected chi connectivity index (χ3v) is 3.59. The summed E-state index contributed by atoms with van der Waals surface area (Å²) < 4.78 is 0. The molecule has 1 rings (SSSR count). The van der Waals surface area contributed by atoms with Crippen LogP contribution in [0.5, 0.6) is 0 Å². The molecule has 1 aliphatic heterocycles. The van der Waals surface area contributed by atoms with Gasteiger partial charge in [-0.25, -0.2) is 5.01 Å². The molecule has 0 aromatic heterocycles. The molecule has 0 aromatic rings. The lowest BCUT2D eigenvalue weighted by Crippen LogP contribution is -2.64. The lowest BCUT2D eigenvalue weighted by atomic mass is 9.73. The van der Waals surface area contributed by atoms with Crippen LogP contribution in [-0.4, -0.2) is 22.1 Å². The normalized spacial score (nSPS) is 29.0. The number of nitrogens with two attached hydrogens (primary N) is 2. The number of nitrogens with zero attached hydrogens (tertiary/aromatic N) is 1. The highest BCUT2D eigenvalue weighted by Crippen LogP contribution is 2.40. The molecule has 4 N–H and O–H groups in total. The van der Waals surface area contributed by atoms with E-state index in [2.05, 4.69) is 34.6 Å². The van der Waals surface area contributed by atoms with E-state index >= 15 is 0 Å². The Morgan fingerprint density at radius 3 is 1.93 bits per heavy atom. The Labute approximate surface area is 94.2 Å². The maximum atomic E-state index is 6.19. The molecule has 0 aliphatic carbocycles. The molecule has 15 heavy (non-hydrogen) atoms. The van der Waals surface area contributed by atoms with Gasteiger partial charge in [0.1, 0.15) is 0 Å². The van der Waals surface area contributed by atoms with E-state index in [0.717, 1.165) is 19.3 Å². The highest BCUT2D eigenvalue weighted by molar-refractivity contribution is 4.97. The first-order chi connectivity index (χ1) is 6.65. The first-order valence-electron chi connectivity index (χ1n) is 5.96. The van der Waals surface area contributed by atoms with Gasteiger partial charge < -0.3 is 5.73 Å². The number of rotatable bonds is 2. The third-order valence-electron chi connectivity index (χ3n) is 3.59. The molecule has 1 aliphatic rings. The fourth-order valence-corrected chi connectivity index (χ4v) is 3.19. The summed E-state index contributed by atoms with van der Waals surface area (Å²) >= 11 is 0. The van der Waals surface area contributed by atoms with E-state index in [4.69, 9.17) is 11.6 Å². The van der Waals surface area contributed by atoms with E-state index in [1.54, 1.807) is 0 Å². The summed E-state index contributed by atoms with van der Waals surface area (Å²) in [4.78, 5) is 0. The van der Waals surface area contributed by atoms with Crippen molar-refractivity contribution in [1.29, 1.82) is 0 Å². The van der Waals surface area contributed by atoms with E-state index < -0.39 is 0 Å². The van der Waals surface area contributed by atoms with Gasteiger partial charge in [0, 0.05) is 17.1 Å². The summed E-state index contributed by atoms with van der Waals surface area (Å²) in [5, 5.41) is 2.03. The van der Waals surface area contributed by atoms with E-state index in [-0.39, 0.29) is 11.1 Å². The van der Waals surface area contributed by atoms with Crippen LogP contribution in [0.15, 0.2) is 0 Å². The van der Waals surface area contributed by atoms with Crippen molar-refractivity contribution in [1.82, 2.24) is 5.01 Å². The van der Waals surface area contributed by atoms with Crippen molar-refractivity contribution in [3.8, 4) is 0 Å². The van der Waals surface area contributed by atoms with E-state index in [1.165, 1.54) is 0 Å². The number of hydrogen-bond donors (Lipinski definition) is 2. The van der Waals surface area contributed by atoms with Crippen LogP contribution < -0.4 is 11.6 Å². The Kier molecular flexibility index (Phi) is 3.49. The highest BCUT2D eigenvalue weighted by atomic mass is 15.5. The maximum absolute atomic E-state index is 6.19. The Morgan fingerprint density at radius 2 is 1.60 bits per heavy atom. The van der Waals surface area contributed by atoms with Crippen LogP contribution in [0.1, 0.15) is 53.9 Å².